The molecular weight excluding hydrogens is 322 g/mol. The van der Waals surface area contributed by atoms with Crippen LogP contribution in [0.3, 0.4) is 0 Å². The Morgan fingerprint density at radius 3 is 2.96 bits per heavy atom. The summed E-state index contributed by atoms with van der Waals surface area (Å²) in [4.78, 5) is 14.4. The van der Waals surface area contributed by atoms with Gasteiger partial charge in [0, 0.05) is 37.3 Å². The Labute approximate surface area is 146 Å². The highest BCUT2D eigenvalue weighted by molar-refractivity contribution is 5.89. The van der Waals surface area contributed by atoms with Crippen LogP contribution in [0.25, 0.3) is 0 Å². The Morgan fingerprint density at radius 1 is 1.40 bits per heavy atom. The Balaban J connectivity index is 1.84. The zero-order valence-electron chi connectivity index (χ0n) is 14.3. The molecule has 25 heavy (non-hydrogen) atoms. The second kappa shape index (κ2) is 7.67. The van der Waals surface area contributed by atoms with Crippen LogP contribution in [0.5, 0.6) is 5.75 Å². The summed E-state index contributed by atoms with van der Waals surface area (Å²) >= 11 is 0. The molecule has 0 atom stereocenters. The third kappa shape index (κ3) is 3.83. The molecule has 0 amide bonds. The van der Waals surface area contributed by atoms with Crippen molar-refractivity contribution in [2.24, 2.45) is 0 Å². The second-order valence-corrected chi connectivity index (χ2v) is 6.07. The molecule has 134 valence electrons. The van der Waals surface area contributed by atoms with E-state index in [1.807, 2.05) is 12.1 Å². The van der Waals surface area contributed by atoms with Crippen LogP contribution in [0.2, 0.25) is 0 Å². The van der Waals surface area contributed by atoms with Crippen LogP contribution in [0.1, 0.15) is 34.2 Å². The molecule has 1 aromatic carbocycles. The van der Waals surface area contributed by atoms with E-state index in [4.69, 9.17) is 4.74 Å². The van der Waals surface area contributed by atoms with Crippen molar-refractivity contribution in [1.29, 1.82) is 0 Å². The van der Waals surface area contributed by atoms with Gasteiger partial charge < -0.3 is 14.9 Å². The lowest BCUT2D eigenvalue weighted by molar-refractivity contribution is 0.0515. The van der Waals surface area contributed by atoms with Crippen molar-refractivity contribution in [2.75, 3.05) is 19.8 Å². The molecule has 1 aromatic heterocycles. The quantitative estimate of drug-likeness (QED) is 0.768. The van der Waals surface area contributed by atoms with Gasteiger partial charge in [-0.1, -0.05) is 12.1 Å². The van der Waals surface area contributed by atoms with Crippen molar-refractivity contribution < 1.29 is 19.7 Å². The first-order valence-corrected chi connectivity index (χ1v) is 8.49. The summed E-state index contributed by atoms with van der Waals surface area (Å²) in [5.74, 6) is -0.173. The first-order chi connectivity index (χ1) is 12.1. The molecule has 0 fully saturated rings. The molecular formula is C18H23N3O4. The number of aliphatic hydroxyl groups excluding tert-OH is 1. The number of aliphatic hydroxyl groups is 1. The minimum absolute atomic E-state index is 0.0244. The third-order valence-corrected chi connectivity index (χ3v) is 4.31. The van der Waals surface area contributed by atoms with Crippen LogP contribution in [0.4, 0.5) is 0 Å². The molecule has 0 saturated carbocycles. The van der Waals surface area contributed by atoms with Gasteiger partial charge in [-0.2, -0.15) is 5.10 Å². The van der Waals surface area contributed by atoms with E-state index in [9.17, 15) is 15.0 Å². The Kier molecular flexibility index (Phi) is 5.35. The summed E-state index contributed by atoms with van der Waals surface area (Å²) in [7, 11) is 0. The van der Waals surface area contributed by atoms with Crippen LogP contribution in [-0.2, 0) is 30.8 Å². The number of rotatable bonds is 6. The van der Waals surface area contributed by atoms with Crippen molar-refractivity contribution >= 4 is 5.97 Å². The number of esters is 1. The molecule has 0 radical (unpaired) electrons. The monoisotopic (exact) mass is 345 g/mol. The van der Waals surface area contributed by atoms with Gasteiger partial charge in [-0.15, -0.1) is 0 Å². The lowest BCUT2D eigenvalue weighted by atomic mass is 10.0. The fourth-order valence-electron chi connectivity index (χ4n) is 3.24. The molecule has 2 heterocycles. The molecule has 0 spiro atoms. The SMILES string of the molecule is CCOC(=O)c1nn(CCO)c2c1CN(Cc1cccc(O)c1)CC2. The van der Waals surface area contributed by atoms with Crippen molar-refractivity contribution in [3.8, 4) is 5.75 Å². The van der Waals surface area contributed by atoms with Gasteiger partial charge in [0.25, 0.3) is 0 Å². The number of ether oxygens (including phenoxy) is 1. The first-order valence-electron chi connectivity index (χ1n) is 8.49. The maximum absolute atomic E-state index is 12.2. The number of fused-ring (bicyclic) bond motifs is 1. The van der Waals surface area contributed by atoms with Crippen molar-refractivity contribution in [2.45, 2.75) is 33.0 Å². The summed E-state index contributed by atoms with van der Waals surface area (Å²) in [5.41, 5.74) is 3.22. The molecule has 7 heteroatoms. The van der Waals surface area contributed by atoms with Gasteiger partial charge in [0.15, 0.2) is 5.69 Å². The number of nitrogens with zero attached hydrogens (tertiary/aromatic N) is 3. The number of hydrogen-bond donors (Lipinski definition) is 2. The van der Waals surface area contributed by atoms with E-state index in [1.54, 1.807) is 23.7 Å². The van der Waals surface area contributed by atoms with E-state index in [-0.39, 0.29) is 12.4 Å². The van der Waals surface area contributed by atoms with Gasteiger partial charge in [-0.25, -0.2) is 4.79 Å². The van der Waals surface area contributed by atoms with E-state index >= 15 is 0 Å². The Bertz CT molecular complexity index is 757. The highest BCUT2D eigenvalue weighted by Crippen LogP contribution is 2.25. The minimum Gasteiger partial charge on any atom is -0.508 e. The van der Waals surface area contributed by atoms with Crippen LogP contribution in [-0.4, -0.2) is 50.6 Å². The van der Waals surface area contributed by atoms with Crippen molar-refractivity contribution in [3.05, 3.63) is 46.8 Å². The standard InChI is InChI=1S/C18H23N3O4/c1-2-25-18(24)17-15-12-20(11-13-4-3-5-14(23)10-13)7-6-16(15)21(19-17)8-9-22/h3-5,10,22-23H,2,6-9,11-12H2,1H3. The maximum Gasteiger partial charge on any atom is 0.359 e. The zero-order valence-corrected chi connectivity index (χ0v) is 14.3. The third-order valence-electron chi connectivity index (χ3n) is 4.31. The van der Waals surface area contributed by atoms with Gasteiger partial charge in [0.05, 0.1) is 19.8 Å². The van der Waals surface area contributed by atoms with Gasteiger partial charge in [-0.05, 0) is 24.6 Å². The first kappa shape index (κ1) is 17.4. The summed E-state index contributed by atoms with van der Waals surface area (Å²) in [5, 5.41) is 23.2. The lowest BCUT2D eigenvalue weighted by Crippen LogP contribution is -2.31. The van der Waals surface area contributed by atoms with Gasteiger partial charge in [0.1, 0.15) is 5.75 Å². The second-order valence-electron chi connectivity index (χ2n) is 6.07. The van der Waals surface area contributed by atoms with Crippen LogP contribution in [0, 0.1) is 0 Å². The van der Waals surface area contributed by atoms with Crippen LogP contribution < -0.4 is 0 Å². The van der Waals surface area contributed by atoms with Crippen molar-refractivity contribution in [1.82, 2.24) is 14.7 Å². The number of phenols is 1. The average Bonchev–Trinajstić information content (AvgIpc) is 2.94. The largest absolute Gasteiger partial charge is 0.508 e. The molecule has 0 saturated heterocycles. The summed E-state index contributed by atoms with van der Waals surface area (Å²) in [6.45, 7) is 4.50. The Hall–Kier alpha value is -2.38. The molecule has 0 unspecified atom stereocenters. The number of carbonyl (C=O) groups excluding carboxylic acids is 1. The van der Waals surface area contributed by atoms with Crippen molar-refractivity contribution in [3.63, 3.8) is 0 Å². The fourth-order valence-corrected chi connectivity index (χ4v) is 3.24. The van der Waals surface area contributed by atoms with E-state index < -0.39 is 5.97 Å². The average molecular weight is 345 g/mol. The zero-order chi connectivity index (χ0) is 17.8. The van der Waals surface area contributed by atoms with Gasteiger partial charge in [0.2, 0.25) is 0 Å². The predicted octanol–water partition coefficient (Wildman–Crippen LogP) is 1.32. The number of phenolic OH excluding ortho intramolecular Hbond substituents is 1. The molecule has 0 bridgehead atoms. The fraction of sp³-hybridized carbons (Fsp3) is 0.444. The normalized spacial score (nSPS) is 14.3. The number of carbonyl (C=O) groups is 1. The lowest BCUT2D eigenvalue weighted by Gasteiger charge is -2.27. The molecule has 7 nitrogen and oxygen atoms in total. The van der Waals surface area contributed by atoms with Gasteiger partial charge in [-0.3, -0.25) is 9.58 Å². The van der Waals surface area contributed by atoms with E-state index in [1.165, 1.54) is 0 Å². The highest BCUT2D eigenvalue weighted by atomic mass is 16.5. The highest BCUT2D eigenvalue weighted by Gasteiger charge is 2.28. The number of aromatic hydroxyl groups is 1. The molecule has 1 aliphatic heterocycles. The molecule has 3 rings (SSSR count). The maximum atomic E-state index is 12.2. The predicted molar refractivity (Wildman–Crippen MR) is 91.2 cm³/mol. The van der Waals surface area contributed by atoms with Gasteiger partial charge >= 0.3 is 5.97 Å². The summed E-state index contributed by atoms with van der Waals surface area (Å²) in [6.07, 6.45) is 0.751. The molecule has 2 N–H and O–H groups in total. The summed E-state index contributed by atoms with van der Waals surface area (Å²) < 4.78 is 6.84. The number of benzene rings is 1. The molecule has 2 aromatic rings. The van der Waals surface area contributed by atoms with E-state index in [0.717, 1.165) is 29.8 Å². The number of aromatic nitrogens is 2. The van der Waals surface area contributed by atoms with Crippen LogP contribution >= 0.6 is 0 Å². The smallest absolute Gasteiger partial charge is 0.359 e. The topological polar surface area (TPSA) is 87.8 Å². The molecule has 0 aliphatic carbocycles. The number of hydrogen-bond acceptors (Lipinski definition) is 6. The minimum atomic E-state index is -0.422. The Morgan fingerprint density at radius 2 is 2.24 bits per heavy atom. The van der Waals surface area contributed by atoms with E-state index in [2.05, 4.69) is 10.00 Å². The summed E-state index contributed by atoms with van der Waals surface area (Å²) in [6, 6.07) is 7.19. The molecule has 1 aliphatic rings. The van der Waals surface area contributed by atoms with Crippen LogP contribution in [0.15, 0.2) is 24.3 Å². The van der Waals surface area contributed by atoms with E-state index in [0.29, 0.717) is 31.9 Å².